The molecular formula is C40H44F4N4O2. The molecule has 12 bridgehead atoms. The lowest BCUT2D eigenvalue weighted by Gasteiger charge is -2.29. The minimum Gasteiger partial charge on any atom is -0.379 e. The Morgan fingerprint density at radius 3 is 0.680 bits per heavy atom. The zero-order valence-electron chi connectivity index (χ0n) is 28.4. The van der Waals surface area contributed by atoms with Gasteiger partial charge in [-0.05, 0) is 0 Å². The van der Waals surface area contributed by atoms with Crippen molar-refractivity contribution >= 4 is 0 Å². The molecule has 0 aromatic heterocycles. The van der Waals surface area contributed by atoms with E-state index in [1.54, 1.807) is 48.5 Å². The van der Waals surface area contributed by atoms with Crippen molar-refractivity contribution in [3.05, 3.63) is 141 Å². The van der Waals surface area contributed by atoms with Crippen LogP contribution in [0, 0.1) is 23.3 Å². The number of benzene rings is 4. The monoisotopic (exact) mass is 688 g/mol. The lowest BCUT2D eigenvalue weighted by atomic mass is 10.0. The summed E-state index contributed by atoms with van der Waals surface area (Å²) in [5.74, 6) is -1.25. The first-order valence-electron chi connectivity index (χ1n) is 17.5. The van der Waals surface area contributed by atoms with E-state index in [4.69, 9.17) is 9.47 Å². The Morgan fingerprint density at radius 1 is 0.320 bits per heavy atom. The van der Waals surface area contributed by atoms with Crippen molar-refractivity contribution in [2.75, 3.05) is 52.6 Å². The van der Waals surface area contributed by atoms with Crippen LogP contribution in [-0.4, -0.2) is 72.2 Å². The van der Waals surface area contributed by atoms with E-state index in [-0.39, 0.29) is 75.6 Å². The predicted octanol–water partition coefficient (Wildman–Crippen LogP) is 6.63. The molecule has 50 heavy (non-hydrogen) atoms. The minimum absolute atomic E-state index is 0.263. The van der Waals surface area contributed by atoms with Gasteiger partial charge in [0, 0.05) is 123 Å². The Bertz CT molecular complexity index is 1440. The van der Waals surface area contributed by atoms with Gasteiger partial charge in [0.2, 0.25) is 0 Å². The third-order valence-electron chi connectivity index (χ3n) is 9.99. The van der Waals surface area contributed by atoms with Crippen LogP contribution in [0.2, 0.25) is 0 Å². The number of hydrogen-bond acceptors (Lipinski definition) is 6. The summed E-state index contributed by atoms with van der Waals surface area (Å²) in [6.45, 7) is 5.16. The first-order chi connectivity index (χ1) is 24.4. The van der Waals surface area contributed by atoms with Gasteiger partial charge >= 0.3 is 0 Å². The second-order valence-corrected chi connectivity index (χ2v) is 13.6. The summed E-state index contributed by atoms with van der Waals surface area (Å²) in [5, 5.41) is 0. The second-order valence-electron chi connectivity index (χ2n) is 13.6. The van der Waals surface area contributed by atoms with E-state index in [2.05, 4.69) is 0 Å². The van der Waals surface area contributed by atoms with E-state index >= 15 is 17.6 Å². The van der Waals surface area contributed by atoms with Gasteiger partial charge in [-0.15, -0.1) is 0 Å². The van der Waals surface area contributed by atoms with Gasteiger partial charge in [0.1, 0.15) is 23.3 Å². The summed E-state index contributed by atoms with van der Waals surface area (Å²) in [6.07, 6.45) is 0. The van der Waals surface area contributed by atoms with Crippen molar-refractivity contribution < 1.29 is 27.0 Å². The molecule has 4 aromatic rings. The summed E-state index contributed by atoms with van der Waals surface area (Å²) in [7, 11) is 0. The van der Waals surface area contributed by atoms with Crippen LogP contribution in [0.25, 0.3) is 0 Å². The van der Waals surface area contributed by atoms with Crippen LogP contribution in [0.15, 0.2) is 72.8 Å². The van der Waals surface area contributed by atoms with Crippen molar-refractivity contribution in [1.29, 1.82) is 0 Å². The number of fused-ring (bicyclic) bond motifs is 8. The molecule has 4 aromatic carbocycles. The normalized spacial score (nSPS) is 23.8. The molecule has 0 unspecified atom stereocenters. The predicted molar refractivity (Wildman–Crippen MR) is 184 cm³/mol. The van der Waals surface area contributed by atoms with Crippen LogP contribution >= 0.6 is 0 Å². The topological polar surface area (TPSA) is 31.4 Å². The average Bonchev–Trinajstić information content (AvgIpc) is 3.09. The van der Waals surface area contributed by atoms with E-state index in [0.29, 0.717) is 97.1 Å². The SMILES string of the molecule is Fc1c2cccc1CN1CCOCCN3Cc4cccc(c4F)CN(CCOCCN(Cc4cccc(c4F)C1)Cc1cccc(c1F)C3)C2. The van der Waals surface area contributed by atoms with E-state index < -0.39 is 0 Å². The van der Waals surface area contributed by atoms with Gasteiger partial charge in [0.25, 0.3) is 0 Å². The zero-order valence-corrected chi connectivity index (χ0v) is 28.4. The number of hydrogen-bond donors (Lipinski definition) is 0. The molecule has 4 aliphatic rings. The van der Waals surface area contributed by atoms with E-state index in [0.717, 1.165) is 0 Å². The Kier molecular flexibility index (Phi) is 11.2. The third-order valence-corrected chi connectivity index (χ3v) is 9.99. The molecule has 264 valence electrons. The number of ether oxygens (including phenoxy) is 2. The molecule has 4 aliphatic heterocycles. The second kappa shape index (κ2) is 16.1. The Labute approximate surface area is 291 Å². The Morgan fingerprint density at radius 2 is 0.500 bits per heavy atom. The lowest BCUT2D eigenvalue weighted by molar-refractivity contribution is 0.0717. The van der Waals surface area contributed by atoms with E-state index in [1.165, 1.54) is 0 Å². The first-order valence-corrected chi connectivity index (χ1v) is 17.5. The fraction of sp³-hybridized carbons (Fsp3) is 0.400. The maximum absolute atomic E-state index is 16.3. The minimum atomic E-state index is -0.314. The van der Waals surface area contributed by atoms with Gasteiger partial charge in [0.15, 0.2) is 0 Å². The number of rotatable bonds is 0. The van der Waals surface area contributed by atoms with Crippen LogP contribution in [0.1, 0.15) is 44.5 Å². The molecule has 0 spiro atoms. The average molecular weight is 689 g/mol. The molecule has 0 atom stereocenters. The molecule has 10 heteroatoms. The summed E-state index contributed by atoms with van der Waals surface area (Å²) >= 11 is 0. The van der Waals surface area contributed by atoms with Crippen molar-refractivity contribution in [3.63, 3.8) is 0 Å². The van der Waals surface area contributed by atoms with Gasteiger partial charge in [-0.1, -0.05) is 72.8 Å². The van der Waals surface area contributed by atoms with Crippen molar-refractivity contribution in [3.8, 4) is 0 Å². The molecule has 0 aliphatic carbocycles. The number of halogens is 4. The highest BCUT2D eigenvalue weighted by atomic mass is 19.1. The maximum Gasteiger partial charge on any atom is 0.132 e. The molecule has 4 heterocycles. The highest BCUT2D eigenvalue weighted by molar-refractivity contribution is 5.31. The zero-order chi connectivity index (χ0) is 34.5. The lowest BCUT2D eigenvalue weighted by Crippen LogP contribution is -2.33. The Balaban J connectivity index is 1.37. The van der Waals surface area contributed by atoms with Crippen molar-refractivity contribution in [2.45, 2.75) is 52.4 Å². The third kappa shape index (κ3) is 8.28. The highest BCUT2D eigenvalue weighted by Crippen LogP contribution is 2.26. The van der Waals surface area contributed by atoms with Crippen molar-refractivity contribution in [2.24, 2.45) is 0 Å². The first kappa shape index (κ1) is 34.8. The van der Waals surface area contributed by atoms with Crippen LogP contribution in [0.4, 0.5) is 17.6 Å². The van der Waals surface area contributed by atoms with Gasteiger partial charge in [0.05, 0.1) is 26.4 Å². The molecule has 0 radical (unpaired) electrons. The highest BCUT2D eigenvalue weighted by Gasteiger charge is 2.23. The fourth-order valence-corrected chi connectivity index (χ4v) is 7.27. The van der Waals surface area contributed by atoms with E-state index in [9.17, 15) is 0 Å². The number of nitrogens with zero attached hydrogens (tertiary/aromatic N) is 4. The summed E-state index contributed by atoms with van der Waals surface area (Å²) in [4.78, 5) is 8.12. The van der Waals surface area contributed by atoms with Crippen LogP contribution in [-0.2, 0) is 61.8 Å². The fourth-order valence-electron chi connectivity index (χ4n) is 7.27. The molecular weight excluding hydrogens is 644 g/mol. The molecule has 0 saturated heterocycles. The van der Waals surface area contributed by atoms with Gasteiger partial charge < -0.3 is 9.47 Å². The summed E-state index contributed by atoms with van der Waals surface area (Å²) in [6, 6.07) is 21.6. The molecule has 0 fully saturated rings. The van der Waals surface area contributed by atoms with Gasteiger partial charge in [-0.2, -0.15) is 0 Å². The van der Waals surface area contributed by atoms with E-state index in [1.807, 2.05) is 43.9 Å². The molecule has 8 rings (SSSR count). The summed E-state index contributed by atoms with van der Waals surface area (Å²) in [5.41, 5.74) is 4.06. The molecule has 0 amide bonds. The van der Waals surface area contributed by atoms with Crippen molar-refractivity contribution in [1.82, 2.24) is 19.6 Å². The quantitative estimate of drug-likeness (QED) is 0.193. The van der Waals surface area contributed by atoms with Gasteiger partial charge in [-0.3, -0.25) is 19.6 Å². The van der Waals surface area contributed by atoms with Crippen LogP contribution in [0.3, 0.4) is 0 Å². The van der Waals surface area contributed by atoms with Gasteiger partial charge in [-0.25, -0.2) is 17.6 Å². The molecule has 0 saturated carbocycles. The summed E-state index contributed by atoms with van der Waals surface area (Å²) < 4.78 is 77.3. The smallest absolute Gasteiger partial charge is 0.132 e. The van der Waals surface area contributed by atoms with Crippen LogP contribution in [0.5, 0.6) is 0 Å². The maximum atomic E-state index is 16.3. The largest absolute Gasteiger partial charge is 0.379 e. The molecule has 6 nitrogen and oxygen atoms in total. The van der Waals surface area contributed by atoms with Crippen LogP contribution < -0.4 is 0 Å². The Hall–Kier alpha value is -3.64. The molecule has 0 N–H and O–H groups in total. The standard InChI is InChI=1S/C40H44F4N4O2/c41-37-29-5-1-6-30(37)22-46-14-18-50-19-15-47-25-33-9-2-7-31(38(33)42)23-45(21-29)13-17-49-20-16-48(26-34-10-3-8-32(24-46)39(34)43)28-36-12-4-11-35(27-47)40(36)44/h1-12H,13-28H2.